The largest absolute Gasteiger partial charge is 0.381 e. The minimum atomic E-state index is 0.439. The highest BCUT2D eigenvalue weighted by atomic mass is 79.9. The first-order valence-electron chi connectivity index (χ1n) is 6.84. The maximum absolute atomic E-state index is 5.48. The lowest BCUT2D eigenvalue weighted by atomic mass is 10.0. The fourth-order valence-corrected chi connectivity index (χ4v) is 2.34. The van der Waals surface area contributed by atoms with E-state index in [1.54, 1.807) is 0 Å². The highest BCUT2D eigenvalue weighted by molar-refractivity contribution is 9.10. The van der Waals surface area contributed by atoms with Gasteiger partial charge in [0.05, 0.1) is 0 Å². The van der Waals surface area contributed by atoms with E-state index >= 15 is 0 Å². The minimum Gasteiger partial charge on any atom is -0.381 e. The van der Waals surface area contributed by atoms with Gasteiger partial charge in [0.1, 0.15) is 0 Å². The van der Waals surface area contributed by atoms with Gasteiger partial charge in [-0.1, -0.05) is 41.9 Å². The highest BCUT2D eigenvalue weighted by Gasteiger charge is 2.08. The molecule has 0 saturated heterocycles. The number of benzene rings is 1. The Hall–Kier alpha value is -0.380. The summed E-state index contributed by atoms with van der Waals surface area (Å²) in [4.78, 5) is 0. The molecule has 0 saturated carbocycles. The normalized spacial score (nSPS) is 12.6. The lowest BCUT2D eigenvalue weighted by molar-refractivity contribution is 0.131. The van der Waals surface area contributed by atoms with Gasteiger partial charge in [0.2, 0.25) is 0 Å². The molecule has 1 aromatic carbocycles. The Bertz CT molecular complexity index is 330. The van der Waals surface area contributed by atoms with E-state index < -0.39 is 0 Å². The molecule has 1 rings (SSSR count). The number of nitrogens with one attached hydrogen (secondary N) is 1. The average molecular weight is 314 g/mol. The van der Waals surface area contributed by atoms with Crippen molar-refractivity contribution < 1.29 is 4.74 Å². The van der Waals surface area contributed by atoms with Crippen LogP contribution in [-0.4, -0.2) is 19.8 Å². The molecule has 1 atom stereocenters. The second-order valence-corrected chi connectivity index (χ2v) is 5.35. The van der Waals surface area contributed by atoms with Crippen LogP contribution in [0.25, 0.3) is 0 Å². The Morgan fingerprint density at radius 1 is 1.28 bits per heavy atom. The predicted molar refractivity (Wildman–Crippen MR) is 80.9 cm³/mol. The Morgan fingerprint density at radius 2 is 2.11 bits per heavy atom. The van der Waals surface area contributed by atoms with Gasteiger partial charge < -0.3 is 10.1 Å². The Kier molecular flexibility index (Phi) is 8.31. The first-order chi connectivity index (χ1) is 8.77. The number of hydrogen-bond acceptors (Lipinski definition) is 2. The van der Waals surface area contributed by atoms with Crippen molar-refractivity contribution in [3.8, 4) is 0 Å². The maximum atomic E-state index is 5.48. The van der Waals surface area contributed by atoms with Crippen molar-refractivity contribution in [2.45, 2.75) is 39.2 Å². The highest BCUT2D eigenvalue weighted by Crippen LogP contribution is 2.20. The van der Waals surface area contributed by atoms with Crippen molar-refractivity contribution in [1.82, 2.24) is 5.32 Å². The van der Waals surface area contributed by atoms with Gasteiger partial charge in [-0.2, -0.15) is 0 Å². The molecule has 18 heavy (non-hydrogen) atoms. The molecule has 0 bridgehead atoms. The molecule has 3 heteroatoms. The topological polar surface area (TPSA) is 21.3 Å². The van der Waals surface area contributed by atoms with Gasteiger partial charge in [-0.05, 0) is 43.5 Å². The molecule has 0 amide bonds. The second kappa shape index (κ2) is 9.54. The SMILES string of the molecule is CCCOCCCNC(CC)c1cccc(Br)c1. The van der Waals surface area contributed by atoms with E-state index in [4.69, 9.17) is 4.74 Å². The van der Waals surface area contributed by atoms with Crippen LogP contribution in [0.2, 0.25) is 0 Å². The zero-order valence-corrected chi connectivity index (χ0v) is 13.0. The van der Waals surface area contributed by atoms with E-state index in [0.717, 1.165) is 43.5 Å². The third-order valence-corrected chi connectivity index (χ3v) is 3.36. The van der Waals surface area contributed by atoms with Crippen LogP contribution >= 0.6 is 15.9 Å². The molecule has 1 aromatic rings. The van der Waals surface area contributed by atoms with Gasteiger partial charge in [-0.25, -0.2) is 0 Å². The summed E-state index contributed by atoms with van der Waals surface area (Å²) in [6.07, 6.45) is 3.28. The summed E-state index contributed by atoms with van der Waals surface area (Å²) in [6.45, 7) is 7.10. The summed E-state index contributed by atoms with van der Waals surface area (Å²) in [5, 5.41) is 3.59. The molecule has 0 aliphatic carbocycles. The second-order valence-electron chi connectivity index (χ2n) is 4.44. The quantitative estimate of drug-likeness (QED) is 0.686. The van der Waals surface area contributed by atoms with Crippen molar-refractivity contribution in [3.63, 3.8) is 0 Å². The third-order valence-electron chi connectivity index (χ3n) is 2.86. The van der Waals surface area contributed by atoms with Crippen LogP contribution in [0.3, 0.4) is 0 Å². The Morgan fingerprint density at radius 3 is 2.78 bits per heavy atom. The lowest BCUT2D eigenvalue weighted by Crippen LogP contribution is -2.22. The van der Waals surface area contributed by atoms with Gasteiger partial charge in [-0.3, -0.25) is 0 Å². The molecular weight excluding hydrogens is 290 g/mol. The molecule has 1 unspecified atom stereocenters. The third kappa shape index (κ3) is 5.98. The first kappa shape index (κ1) is 15.7. The van der Waals surface area contributed by atoms with Crippen molar-refractivity contribution in [2.24, 2.45) is 0 Å². The number of halogens is 1. The first-order valence-corrected chi connectivity index (χ1v) is 7.63. The summed E-state index contributed by atoms with van der Waals surface area (Å²) in [5.74, 6) is 0. The van der Waals surface area contributed by atoms with E-state index in [-0.39, 0.29) is 0 Å². The Labute approximate surface area is 119 Å². The zero-order valence-electron chi connectivity index (χ0n) is 11.4. The molecule has 0 aromatic heterocycles. The van der Waals surface area contributed by atoms with E-state index in [2.05, 4.69) is 59.4 Å². The van der Waals surface area contributed by atoms with E-state index in [1.165, 1.54) is 5.56 Å². The minimum absolute atomic E-state index is 0.439. The molecule has 0 radical (unpaired) electrons. The standard InChI is InChI=1S/C15H24BrNO/c1-3-10-18-11-6-9-17-15(4-2)13-7-5-8-14(16)12-13/h5,7-8,12,15,17H,3-4,6,9-11H2,1-2H3. The fraction of sp³-hybridized carbons (Fsp3) is 0.600. The monoisotopic (exact) mass is 313 g/mol. The van der Waals surface area contributed by atoms with Crippen molar-refractivity contribution >= 4 is 15.9 Å². The summed E-state index contributed by atoms with van der Waals surface area (Å²) >= 11 is 3.52. The fourth-order valence-electron chi connectivity index (χ4n) is 1.92. The lowest BCUT2D eigenvalue weighted by Gasteiger charge is -2.17. The molecule has 0 aliphatic heterocycles. The summed E-state index contributed by atoms with van der Waals surface area (Å²) < 4.78 is 6.62. The van der Waals surface area contributed by atoms with Crippen molar-refractivity contribution in [2.75, 3.05) is 19.8 Å². The molecule has 0 fully saturated rings. The van der Waals surface area contributed by atoms with Crippen LogP contribution in [0.4, 0.5) is 0 Å². The number of rotatable bonds is 9. The maximum Gasteiger partial charge on any atom is 0.0478 e. The van der Waals surface area contributed by atoms with Gasteiger partial charge in [0, 0.05) is 23.7 Å². The molecule has 2 nitrogen and oxygen atoms in total. The van der Waals surface area contributed by atoms with Crippen LogP contribution in [-0.2, 0) is 4.74 Å². The van der Waals surface area contributed by atoms with E-state index in [1.807, 2.05) is 0 Å². The number of hydrogen-bond donors (Lipinski definition) is 1. The van der Waals surface area contributed by atoms with E-state index in [0.29, 0.717) is 6.04 Å². The van der Waals surface area contributed by atoms with Gasteiger partial charge in [-0.15, -0.1) is 0 Å². The average Bonchev–Trinajstić information content (AvgIpc) is 2.38. The number of ether oxygens (including phenoxy) is 1. The van der Waals surface area contributed by atoms with E-state index in [9.17, 15) is 0 Å². The summed E-state index contributed by atoms with van der Waals surface area (Å²) in [5.41, 5.74) is 1.35. The van der Waals surface area contributed by atoms with Crippen LogP contribution in [0.1, 0.15) is 44.7 Å². The van der Waals surface area contributed by atoms with Crippen LogP contribution in [0.5, 0.6) is 0 Å². The van der Waals surface area contributed by atoms with Crippen LogP contribution < -0.4 is 5.32 Å². The molecule has 102 valence electrons. The van der Waals surface area contributed by atoms with Gasteiger partial charge >= 0.3 is 0 Å². The summed E-state index contributed by atoms with van der Waals surface area (Å²) in [7, 11) is 0. The zero-order chi connectivity index (χ0) is 13.2. The van der Waals surface area contributed by atoms with Crippen molar-refractivity contribution in [1.29, 1.82) is 0 Å². The molecule has 0 aliphatic rings. The van der Waals surface area contributed by atoms with Crippen molar-refractivity contribution in [3.05, 3.63) is 34.3 Å². The Balaban J connectivity index is 2.29. The molecular formula is C15H24BrNO. The predicted octanol–water partition coefficient (Wildman–Crippen LogP) is 4.31. The van der Waals surface area contributed by atoms with Crippen LogP contribution in [0, 0.1) is 0 Å². The summed E-state index contributed by atoms with van der Waals surface area (Å²) in [6, 6.07) is 8.96. The molecule has 0 heterocycles. The smallest absolute Gasteiger partial charge is 0.0478 e. The van der Waals surface area contributed by atoms with Crippen LogP contribution in [0.15, 0.2) is 28.7 Å². The molecule has 0 spiro atoms. The molecule has 1 N–H and O–H groups in total. The van der Waals surface area contributed by atoms with Gasteiger partial charge in [0.15, 0.2) is 0 Å². The van der Waals surface area contributed by atoms with Gasteiger partial charge in [0.25, 0.3) is 0 Å².